The van der Waals surface area contributed by atoms with Gasteiger partial charge in [0, 0.05) is 6.42 Å². The molecule has 0 bridgehead atoms. The van der Waals surface area contributed by atoms with Gasteiger partial charge in [-0.1, -0.05) is 24.3 Å². The van der Waals surface area contributed by atoms with Crippen LogP contribution in [0.5, 0.6) is 11.5 Å². The molecule has 2 heterocycles. The van der Waals surface area contributed by atoms with E-state index in [1.165, 1.54) is 4.57 Å². The summed E-state index contributed by atoms with van der Waals surface area (Å²) in [6.07, 6.45) is 0.369. The molecule has 0 atom stereocenters. The molecular weight excluding hydrogens is 326 g/mol. The highest BCUT2D eigenvalue weighted by Crippen LogP contribution is 2.32. The zero-order chi connectivity index (χ0) is 16.5. The second kappa shape index (κ2) is 5.93. The number of rotatable bonds is 3. The van der Waals surface area contributed by atoms with E-state index in [0.29, 0.717) is 29.3 Å². The molecule has 3 aromatic rings. The zero-order valence-electron chi connectivity index (χ0n) is 12.6. The number of aromatic nitrogens is 3. The molecule has 1 aliphatic heterocycles. The van der Waals surface area contributed by atoms with Crippen molar-refractivity contribution in [1.29, 1.82) is 0 Å². The van der Waals surface area contributed by atoms with Crippen molar-refractivity contribution in [2.24, 2.45) is 0 Å². The van der Waals surface area contributed by atoms with E-state index in [0.717, 1.165) is 5.56 Å². The van der Waals surface area contributed by atoms with Gasteiger partial charge in [0.2, 0.25) is 11.6 Å². The lowest BCUT2D eigenvalue weighted by atomic mass is 10.1. The number of para-hydroxylation sites is 1. The molecule has 0 radical (unpaired) electrons. The molecule has 0 saturated carbocycles. The van der Waals surface area contributed by atoms with E-state index in [1.807, 2.05) is 48.5 Å². The Bertz CT molecular complexity index is 1010. The number of nitrogens with zero attached hydrogens (tertiary/aromatic N) is 2. The molecule has 1 aliphatic rings. The Kier molecular flexibility index (Phi) is 3.62. The number of hydrogen-bond acceptors (Lipinski definition) is 5. The average molecular weight is 339 g/mol. The predicted octanol–water partition coefficient (Wildman–Crippen LogP) is 2.61. The molecule has 2 aromatic carbocycles. The van der Waals surface area contributed by atoms with E-state index in [9.17, 15) is 4.79 Å². The van der Waals surface area contributed by atoms with E-state index in [-0.39, 0.29) is 17.1 Å². The van der Waals surface area contributed by atoms with Crippen LogP contribution in [-0.2, 0) is 6.42 Å². The number of hydrogen-bond donors (Lipinski definition) is 1. The third kappa shape index (κ3) is 2.59. The van der Waals surface area contributed by atoms with Crippen LogP contribution in [0.4, 0.5) is 0 Å². The van der Waals surface area contributed by atoms with Crippen molar-refractivity contribution < 1.29 is 9.47 Å². The van der Waals surface area contributed by atoms with Crippen molar-refractivity contribution in [3.63, 3.8) is 0 Å². The van der Waals surface area contributed by atoms with Crippen LogP contribution in [-0.4, -0.2) is 21.6 Å². The van der Waals surface area contributed by atoms with E-state index in [4.69, 9.17) is 21.7 Å². The lowest BCUT2D eigenvalue weighted by Gasteiger charge is -2.08. The van der Waals surface area contributed by atoms with Gasteiger partial charge in [0.15, 0.2) is 11.5 Å². The summed E-state index contributed by atoms with van der Waals surface area (Å²) in [6.45, 7) is 0.219. The Hall–Kier alpha value is -2.93. The first-order valence-electron chi connectivity index (χ1n) is 7.37. The molecule has 0 unspecified atom stereocenters. The normalized spacial score (nSPS) is 12.3. The van der Waals surface area contributed by atoms with Gasteiger partial charge in [-0.05, 0) is 42.0 Å². The van der Waals surface area contributed by atoms with Crippen LogP contribution in [0.15, 0.2) is 53.3 Å². The third-order valence-corrected chi connectivity index (χ3v) is 4.04. The Balaban J connectivity index is 1.75. The molecule has 0 aliphatic carbocycles. The monoisotopic (exact) mass is 339 g/mol. The SMILES string of the molecule is O=c1c(Cc2ccc3c(c2)OCO3)n[nH]c(=S)n1-c1ccccc1. The molecule has 0 spiro atoms. The number of ether oxygens (including phenoxy) is 2. The minimum atomic E-state index is -0.234. The Morgan fingerprint density at radius 1 is 1.12 bits per heavy atom. The highest BCUT2D eigenvalue weighted by Gasteiger charge is 2.15. The highest BCUT2D eigenvalue weighted by atomic mass is 32.1. The van der Waals surface area contributed by atoms with Gasteiger partial charge in [0.1, 0.15) is 5.69 Å². The summed E-state index contributed by atoms with van der Waals surface area (Å²) in [6, 6.07) is 14.8. The molecule has 1 aromatic heterocycles. The summed E-state index contributed by atoms with van der Waals surface area (Å²) >= 11 is 5.22. The number of benzene rings is 2. The summed E-state index contributed by atoms with van der Waals surface area (Å²) in [4.78, 5) is 12.8. The fourth-order valence-corrected chi connectivity index (χ4v) is 2.84. The van der Waals surface area contributed by atoms with Gasteiger partial charge >= 0.3 is 0 Å². The summed E-state index contributed by atoms with van der Waals surface area (Å²) in [5, 5.41) is 6.87. The van der Waals surface area contributed by atoms with Gasteiger partial charge in [0.05, 0.1) is 5.69 Å². The van der Waals surface area contributed by atoms with Crippen LogP contribution >= 0.6 is 12.2 Å². The summed E-state index contributed by atoms with van der Waals surface area (Å²) in [5.41, 5.74) is 1.76. The standard InChI is InChI=1S/C17H13N3O3S/c21-16-13(8-11-6-7-14-15(9-11)23-10-22-14)18-19-17(24)20(16)12-4-2-1-3-5-12/h1-7,9H,8,10H2,(H,19,24). The van der Waals surface area contributed by atoms with Gasteiger partial charge < -0.3 is 9.47 Å². The lowest BCUT2D eigenvalue weighted by molar-refractivity contribution is 0.174. The Morgan fingerprint density at radius 3 is 2.75 bits per heavy atom. The van der Waals surface area contributed by atoms with Gasteiger partial charge in [-0.15, -0.1) is 0 Å². The molecule has 0 saturated heterocycles. The molecule has 0 amide bonds. The van der Waals surface area contributed by atoms with Crippen LogP contribution in [0, 0.1) is 4.77 Å². The molecule has 1 N–H and O–H groups in total. The van der Waals surface area contributed by atoms with Crippen molar-refractivity contribution in [2.75, 3.05) is 6.79 Å². The fraction of sp³-hybridized carbons (Fsp3) is 0.118. The minimum Gasteiger partial charge on any atom is -0.454 e. The van der Waals surface area contributed by atoms with Gasteiger partial charge in [0.25, 0.3) is 5.56 Å². The summed E-state index contributed by atoms with van der Waals surface area (Å²) in [5.74, 6) is 1.39. The second-order valence-electron chi connectivity index (χ2n) is 5.32. The Labute approximate surface area is 142 Å². The van der Waals surface area contributed by atoms with Crippen LogP contribution in [0.3, 0.4) is 0 Å². The Morgan fingerprint density at radius 2 is 1.92 bits per heavy atom. The number of nitrogens with one attached hydrogen (secondary N) is 1. The van der Waals surface area contributed by atoms with Crippen LogP contribution in [0.1, 0.15) is 11.3 Å². The van der Waals surface area contributed by atoms with E-state index < -0.39 is 0 Å². The number of fused-ring (bicyclic) bond motifs is 1. The van der Waals surface area contributed by atoms with Crippen LogP contribution in [0.2, 0.25) is 0 Å². The molecule has 4 rings (SSSR count). The number of aromatic amines is 1. The molecule has 7 heteroatoms. The summed E-state index contributed by atoms with van der Waals surface area (Å²) < 4.78 is 12.4. The second-order valence-corrected chi connectivity index (χ2v) is 5.70. The van der Waals surface area contributed by atoms with Crippen molar-refractivity contribution in [3.05, 3.63) is 74.9 Å². The first-order valence-corrected chi connectivity index (χ1v) is 7.78. The maximum atomic E-state index is 12.8. The van der Waals surface area contributed by atoms with Gasteiger partial charge in [-0.3, -0.25) is 14.5 Å². The number of H-pyrrole nitrogens is 1. The van der Waals surface area contributed by atoms with Crippen LogP contribution in [0.25, 0.3) is 5.69 Å². The van der Waals surface area contributed by atoms with Crippen molar-refractivity contribution in [1.82, 2.24) is 14.8 Å². The predicted molar refractivity (Wildman–Crippen MR) is 90.4 cm³/mol. The van der Waals surface area contributed by atoms with Gasteiger partial charge in [-0.2, -0.15) is 5.10 Å². The molecule has 0 fully saturated rings. The molecule has 6 nitrogen and oxygen atoms in total. The van der Waals surface area contributed by atoms with Crippen molar-refractivity contribution >= 4 is 12.2 Å². The molecule has 24 heavy (non-hydrogen) atoms. The summed E-state index contributed by atoms with van der Waals surface area (Å²) in [7, 11) is 0. The molecule has 120 valence electrons. The van der Waals surface area contributed by atoms with Crippen LogP contribution < -0.4 is 15.0 Å². The zero-order valence-corrected chi connectivity index (χ0v) is 13.4. The quantitative estimate of drug-likeness (QED) is 0.743. The smallest absolute Gasteiger partial charge is 0.281 e. The fourth-order valence-electron chi connectivity index (χ4n) is 2.61. The topological polar surface area (TPSA) is 69.1 Å². The first-order chi connectivity index (χ1) is 11.7. The lowest BCUT2D eigenvalue weighted by Crippen LogP contribution is -2.26. The molecular formula is C17H13N3O3S. The maximum absolute atomic E-state index is 12.8. The van der Waals surface area contributed by atoms with E-state index in [2.05, 4.69) is 10.2 Å². The van der Waals surface area contributed by atoms with Crippen molar-refractivity contribution in [3.8, 4) is 17.2 Å². The van der Waals surface area contributed by atoms with Crippen molar-refractivity contribution in [2.45, 2.75) is 6.42 Å². The maximum Gasteiger partial charge on any atom is 0.281 e. The largest absolute Gasteiger partial charge is 0.454 e. The first kappa shape index (κ1) is 14.6. The van der Waals surface area contributed by atoms with Gasteiger partial charge in [-0.25, -0.2) is 0 Å². The van der Waals surface area contributed by atoms with E-state index >= 15 is 0 Å². The average Bonchev–Trinajstić information content (AvgIpc) is 3.06. The minimum absolute atomic E-state index is 0.219. The third-order valence-electron chi connectivity index (χ3n) is 3.76. The highest BCUT2D eigenvalue weighted by molar-refractivity contribution is 7.71. The van der Waals surface area contributed by atoms with E-state index in [1.54, 1.807) is 0 Å².